The number of amidine groups is 1. The minimum Gasteiger partial charge on any atom is -0.447 e. The first-order chi connectivity index (χ1) is 15.8. The second-order valence-corrected chi connectivity index (χ2v) is 11.5. The van der Waals surface area contributed by atoms with Crippen molar-refractivity contribution < 1.29 is 14.3 Å². The Morgan fingerprint density at radius 2 is 1.74 bits per heavy atom. The van der Waals surface area contributed by atoms with Gasteiger partial charge in [-0.15, -0.1) is 12.4 Å². The molecule has 0 spiro atoms. The van der Waals surface area contributed by atoms with Gasteiger partial charge in [0, 0.05) is 19.0 Å². The Hall–Kier alpha value is -1.61. The number of thiocarbonyl (C=S) groups is 1. The number of nitrogens with zero attached hydrogens (tertiary/aromatic N) is 1. The van der Waals surface area contributed by atoms with Gasteiger partial charge >= 0.3 is 6.09 Å². The van der Waals surface area contributed by atoms with Crippen molar-refractivity contribution >= 4 is 47.4 Å². The Bertz CT molecular complexity index is 753. The molecule has 2 atom stereocenters. The number of carbonyl (C=O) groups excluding carboxylic acids is 2. The molecule has 35 heavy (non-hydrogen) atoms. The summed E-state index contributed by atoms with van der Waals surface area (Å²) in [5.41, 5.74) is 5.32. The summed E-state index contributed by atoms with van der Waals surface area (Å²) in [7, 11) is 0. The van der Waals surface area contributed by atoms with Crippen molar-refractivity contribution in [3.05, 3.63) is 0 Å². The monoisotopic (exact) mass is 531 g/mol. The quantitative estimate of drug-likeness (QED) is 0.200. The number of amides is 2. The number of ether oxygens (including phenoxy) is 1. The highest BCUT2D eigenvalue weighted by Crippen LogP contribution is 2.34. The van der Waals surface area contributed by atoms with Crippen LogP contribution in [0.1, 0.15) is 80.1 Å². The zero-order valence-electron chi connectivity index (χ0n) is 22.2. The molecule has 0 aromatic carbocycles. The maximum Gasteiger partial charge on any atom is 0.407 e. The van der Waals surface area contributed by atoms with Crippen molar-refractivity contribution in [3.8, 4) is 0 Å². The van der Waals surface area contributed by atoms with Gasteiger partial charge < -0.3 is 26.0 Å². The summed E-state index contributed by atoms with van der Waals surface area (Å²) in [5.74, 6) is 1.13. The third-order valence-electron chi connectivity index (χ3n) is 7.77. The lowest BCUT2D eigenvalue weighted by Gasteiger charge is -2.42. The summed E-state index contributed by atoms with van der Waals surface area (Å²) in [4.78, 5) is 28.3. The van der Waals surface area contributed by atoms with Crippen LogP contribution in [0.5, 0.6) is 0 Å². The van der Waals surface area contributed by atoms with Crippen LogP contribution in [0, 0.1) is 28.6 Å². The average Bonchev–Trinajstić information content (AvgIpc) is 3.25. The smallest absolute Gasteiger partial charge is 0.407 e. The van der Waals surface area contributed by atoms with E-state index in [-0.39, 0.29) is 53.5 Å². The van der Waals surface area contributed by atoms with Gasteiger partial charge in [0.2, 0.25) is 5.91 Å². The van der Waals surface area contributed by atoms with Crippen LogP contribution < -0.4 is 16.4 Å². The number of alkyl carbamates (subject to hydrolysis) is 1. The number of nitrogens with two attached hydrogens (primary N) is 1. The Kier molecular flexibility index (Phi) is 12.2. The molecule has 1 aliphatic heterocycles. The largest absolute Gasteiger partial charge is 0.447 e. The fourth-order valence-electron chi connectivity index (χ4n) is 4.77. The molecule has 0 radical (unpaired) electrons. The molecule has 2 fully saturated rings. The lowest BCUT2D eigenvalue weighted by molar-refractivity contribution is -0.124. The van der Waals surface area contributed by atoms with Gasteiger partial charge in [-0.1, -0.05) is 39.9 Å². The Balaban J connectivity index is 0.00000612. The van der Waals surface area contributed by atoms with Crippen molar-refractivity contribution in [2.75, 3.05) is 13.1 Å². The molecule has 0 bridgehead atoms. The summed E-state index contributed by atoms with van der Waals surface area (Å²) < 4.78 is 5.34. The molecule has 2 amide bonds. The number of nitrogens with one attached hydrogen (secondary N) is 3. The predicted octanol–water partition coefficient (Wildman–Crippen LogP) is 4.24. The number of hydrogen-bond acceptors (Lipinski definition) is 5. The number of rotatable bonds is 9. The third-order valence-corrected chi connectivity index (χ3v) is 8.24. The van der Waals surface area contributed by atoms with Gasteiger partial charge in [-0.3, -0.25) is 10.2 Å². The highest BCUT2D eigenvalue weighted by molar-refractivity contribution is 7.80. The van der Waals surface area contributed by atoms with Crippen LogP contribution in [0.25, 0.3) is 0 Å². The zero-order chi connectivity index (χ0) is 25.6. The van der Waals surface area contributed by atoms with Crippen LogP contribution in [-0.2, 0) is 9.53 Å². The number of likely N-dealkylation sites (tertiary alicyclic amines) is 1. The third kappa shape index (κ3) is 8.48. The fraction of sp³-hybridized carbons (Fsp3) is 0.840. The second kappa shape index (κ2) is 13.6. The summed E-state index contributed by atoms with van der Waals surface area (Å²) in [6.45, 7) is 13.4. The molecule has 2 aliphatic rings. The predicted molar refractivity (Wildman–Crippen MR) is 147 cm³/mol. The Labute approximate surface area is 222 Å². The molecule has 8 nitrogen and oxygen atoms in total. The number of hydrogen-bond donors (Lipinski definition) is 4. The molecule has 202 valence electrons. The first kappa shape index (κ1) is 31.4. The molecule has 1 heterocycles. The maximum atomic E-state index is 13.2. The molecule has 1 saturated heterocycles. The molecule has 0 unspecified atom stereocenters. The molecule has 2 rings (SSSR count). The van der Waals surface area contributed by atoms with Crippen LogP contribution in [0.3, 0.4) is 0 Å². The van der Waals surface area contributed by atoms with Gasteiger partial charge in [0.1, 0.15) is 11.0 Å². The first-order valence-electron chi connectivity index (χ1n) is 12.7. The molecular weight excluding hydrogens is 486 g/mol. The van der Waals surface area contributed by atoms with Gasteiger partial charge in [-0.05, 0) is 69.6 Å². The van der Waals surface area contributed by atoms with Crippen molar-refractivity contribution in [3.63, 3.8) is 0 Å². The van der Waals surface area contributed by atoms with Crippen molar-refractivity contribution in [1.29, 1.82) is 5.41 Å². The minimum absolute atomic E-state index is 0. The summed E-state index contributed by atoms with van der Waals surface area (Å²) in [6, 6.07) is -0.751. The van der Waals surface area contributed by atoms with Gasteiger partial charge in [-0.2, -0.15) is 0 Å². The molecule has 0 aromatic rings. The Morgan fingerprint density at radius 1 is 1.14 bits per heavy atom. The van der Waals surface area contributed by atoms with E-state index in [9.17, 15) is 9.59 Å². The van der Waals surface area contributed by atoms with E-state index in [4.69, 9.17) is 28.1 Å². The van der Waals surface area contributed by atoms with E-state index in [0.29, 0.717) is 24.0 Å². The molecule has 1 aliphatic carbocycles. The van der Waals surface area contributed by atoms with Crippen molar-refractivity contribution in [1.82, 2.24) is 15.5 Å². The number of halogens is 1. The van der Waals surface area contributed by atoms with E-state index in [2.05, 4.69) is 38.3 Å². The van der Waals surface area contributed by atoms with Crippen LogP contribution in [0.4, 0.5) is 4.79 Å². The average molecular weight is 532 g/mol. The molecular formula is C25H46ClN5O3S. The van der Waals surface area contributed by atoms with Gasteiger partial charge in [0.25, 0.3) is 0 Å². The van der Waals surface area contributed by atoms with Crippen LogP contribution >= 0.6 is 24.6 Å². The van der Waals surface area contributed by atoms with Crippen LogP contribution in [0.2, 0.25) is 0 Å². The summed E-state index contributed by atoms with van der Waals surface area (Å²) in [6.07, 6.45) is 4.69. The second-order valence-electron chi connectivity index (χ2n) is 11.1. The number of carbonyl (C=O) groups is 2. The topological polar surface area (TPSA) is 121 Å². The standard InChI is InChI=1S/C25H45N5O3S.ClH/c1-15(2)25(5,6)20(29-24(32)33-16(3)4)23(34)30-13-7-8-19(30)22(31)28-14-17-9-11-18(12-10-17)21(26)27;/h15-20H,7-14H2,1-6H3,(H3,26,27)(H,28,31)(H,29,32);1H/t17?,18?,19-,20+;/m0./s1. The highest BCUT2D eigenvalue weighted by Gasteiger charge is 2.43. The van der Waals surface area contributed by atoms with Crippen LogP contribution in [0.15, 0.2) is 0 Å². The molecule has 0 aromatic heterocycles. The van der Waals surface area contributed by atoms with E-state index in [1.54, 1.807) is 0 Å². The maximum absolute atomic E-state index is 13.2. The SMILES string of the molecule is CC(C)OC(=O)N[C@H](C(=S)N1CCC[C@H]1C(=O)NCC1CCC(C(=N)N)CC1)C(C)(C)C(C)C.Cl. The lowest BCUT2D eigenvalue weighted by atomic mass is 9.74. The van der Waals surface area contributed by atoms with Crippen molar-refractivity contribution in [2.45, 2.75) is 98.3 Å². The van der Waals surface area contributed by atoms with Gasteiger partial charge in [-0.25, -0.2) is 4.79 Å². The first-order valence-corrected chi connectivity index (χ1v) is 13.1. The van der Waals surface area contributed by atoms with Gasteiger partial charge in [0.15, 0.2) is 0 Å². The molecule has 1 saturated carbocycles. The molecule has 10 heteroatoms. The Morgan fingerprint density at radius 3 is 2.26 bits per heavy atom. The lowest BCUT2D eigenvalue weighted by Crippen LogP contribution is -2.59. The van der Waals surface area contributed by atoms with E-state index in [1.807, 2.05) is 18.7 Å². The minimum atomic E-state index is -0.488. The highest BCUT2D eigenvalue weighted by atomic mass is 35.5. The van der Waals surface area contributed by atoms with E-state index in [0.717, 1.165) is 38.5 Å². The van der Waals surface area contributed by atoms with Crippen LogP contribution in [-0.4, -0.2) is 59.0 Å². The van der Waals surface area contributed by atoms with Gasteiger partial charge in [0.05, 0.1) is 18.0 Å². The zero-order valence-corrected chi connectivity index (χ0v) is 23.8. The summed E-state index contributed by atoms with van der Waals surface area (Å²) >= 11 is 5.92. The summed E-state index contributed by atoms with van der Waals surface area (Å²) in [5, 5.41) is 13.8. The van der Waals surface area contributed by atoms with Crippen molar-refractivity contribution in [2.24, 2.45) is 28.9 Å². The van der Waals surface area contributed by atoms with E-state index < -0.39 is 12.1 Å². The molecule has 5 N–H and O–H groups in total. The van der Waals surface area contributed by atoms with E-state index >= 15 is 0 Å². The van der Waals surface area contributed by atoms with E-state index in [1.165, 1.54) is 0 Å². The fourth-order valence-corrected chi connectivity index (χ4v) is 5.36. The normalized spacial score (nSPS) is 23.4.